The van der Waals surface area contributed by atoms with Crippen LogP contribution in [0, 0.1) is 0 Å². The van der Waals surface area contributed by atoms with E-state index in [4.69, 9.17) is 5.21 Å². The van der Waals surface area contributed by atoms with Crippen LogP contribution in [-0.4, -0.2) is 41.7 Å². The Morgan fingerprint density at radius 2 is 2.54 bits per heavy atom. The Morgan fingerprint density at radius 1 is 1.77 bits per heavy atom. The van der Waals surface area contributed by atoms with Gasteiger partial charge in [-0.25, -0.2) is 0 Å². The molecule has 0 saturated carbocycles. The predicted octanol–water partition coefficient (Wildman–Crippen LogP) is 0.890. The van der Waals surface area contributed by atoms with Crippen LogP contribution in [0.25, 0.3) is 0 Å². The molecule has 1 N–H and O–H groups in total. The summed E-state index contributed by atoms with van der Waals surface area (Å²) in [5, 5.41) is 11.7. The van der Waals surface area contributed by atoms with Crippen molar-refractivity contribution in [1.29, 1.82) is 0 Å². The fourth-order valence-corrected chi connectivity index (χ4v) is 1.77. The van der Waals surface area contributed by atoms with Gasteiger partial charge in [0.1, 0.15) is 6.29 Å². The third kappa shape index (κ3) is 2.81. The Hall–Kier alpha value is -0.900. The zero-order valence-electron chi connectivity index (χ0n) is 7.94. The minimum Gasteiger partial charge on any atom is -0.411 e. The Bertz CT molecular complexity index is 204. The summed E-state index contributed by atoms with van der Waals surface area (Å²) < 4.78 is 0. The molecule has 1 rings (SSSR count). The predicted molar refractivity (Wildman–Crippen MR) is 50.2 cm³/mol. The molecule has 0 radical (unpaired) electrons. The fourth-order valence-electron chi connectivity index (χ4n) is 1.77. The van der Waals surface area contributed by atoms with Crippen LogP contribution in [0.15, 0.2) is 5.16 Å². The van der Waals surface area contributed by atoms with Crippen molar-refractivity contribution in [2.75, 3.05) is 13.6 Å². The second-order valence-corrected chi connectivity index (χ2v) is 3.52. The second-order valence-electron chi connectivity index (χ2n) is 3.52. The fraction of sp³-hybridized carbons (Fsp3) is 0.778. The molecular weight excluding hydrogens is 168 g/mol. The number of aldehydes is 1. The molecule has 0 aromatic carbocycles. The topological polar surface area (TPSA) is 52.9 Å². The van der Waals surface area contributed by atoms with Gasteiger partial charge in [0.05, 0.1) is 5.71 Å². The van der Waals surface area contributed by atoms with E-state index in [1.807, 2.05) is 0 Å². The summed E-state index contributed by atoms with van der Waals surface area (Å²) in [6, 6.07) is 0.450. The molecule has 1 unspecified atom stereocenters. The Morgan fingerprint density at radius 3 is 3.00 bits per heavy atom. The first-order chi connectivity index (χ1) is 6.27. The van der Waals surface area contributed by atoms with Gasteiger partial charge in [-0.2, -0.15) is 0 Å². The first kappa shape index (κ1) is 10.2. The molecule has 1 aliphatic heterocycles. The number of nitrogens with zero attached hydrogens (tertiary/aromatic N) is 2. The lowest BCUT2D eigenvalue weighted by atomic mass is 10.1. The van der Waals surface area contributed by atoms with Crippen molar-refractivity contribution >= 4 is 12.0 Å². The lowest BCUT2D eigenvalue weighted by Crippen LogP contribution is -2.27. The van der Waals surface area contributed by atoms with Gasteiger partial charge >= 0.3 is 0 Å². The van der Waals surface area contributed by atoms with E-state index in [1.165, 1.54) is 6.42 Å². The van der Waals surface area contributed by atoms with E-state index in [-0.39, 0.29) is 6.42 Å². The molecule has 0 amide bonds. The minimum atomic E-state index is 0.251. The maximum absolute atomic E-state index is 10.2. The monoisotopic (exact) mass is 184 g/mol. The molecule has 1 saturated heterocycles. The molecule has 0 bridgehead atoms. The van der Waals surface area contributed by atoms with Gasteiger partial charge in [-0.05, 0) is 26.4 Å². The molecule has 1 heterocycles. The molecule has 0 spiro atoms. The van der Waals surface area contributed by atoms with Gasteiger partial charge in [0, 0.05) is 18.9 Å². The van der Waals surface area contributed by atoms with Crippen LogP contribution in [0.2, 0.25) is 0 Å². The molecule has 1 atom stereocenters. The first-order valence-corrected chi connectivity index (χ1v) is 4.61. The Labute approximate surface area is 78.2 Å². The van der Waals surface area contributed by atoms with Gasteiger partial charge < -0.3 is 14.9 Å². The maximum Gasteiger partial charge on any atom is 0.125 e. The van der Waals surface area contributed by atoms with Crippen LogP contribution in [0.3, 0.4) is 0 Å². The number of rotatable bonds is 4. The largest absolute Gasteiger partial charge is 0.411 e. The highest BCUT2D eigenvalue weighted by atomic mass is 16.4. The van der Waals surface area contributed by atoms with Gasteiger partial charge in [0.2, 0.25) is 0 Å². The van der Waals surface area contributed by atoms with E-state index < -0.39 is 0 Å². The van der Waals surface area contributed by atoms with E-state index >= 15 is 0 Å². The van der Waals surface area contributed by atoms with Crippen molar-refractivity contribution in [2.45, 2.75) is 31.7 Å². The van der Waals surface area contributed by atoms with E-state index in [9.17, 15) is 4.79 Å². The maximum atomic E-state index is 10.2. The molecule has 0 aliphatic carbocycles. The standard InChI is InChI=1S/C9H16N2O2/c1-11-5-2-3-9(11)7-8(10-13)4-6-12/h6,9,13H,2-5,7H2,1H3. The average molecular weight is 184 g/mol. The van der Waals surface area contributed by atoms with E-state index in [2.05, 4.69) is 17.1 Å². The number of hydrogen-bond donors (Lipinski definition) is 1. The molecule has 74 valence electrons. The van der Waals surface area contributed by atoms with E-state index in [0.29, 0.717) is 18.2 Å². The third-order valence-electron chi connectivity index (χ3n) is 2.60. The summed E-state index contributed by atoms with van der Waals surface area (Å²) in [6.45, 7) is 1.10. The number of likely N-dealkylation sites (tertiary alicyclic amines) is 1. The summed E-state index contributed by atoms with van der Waals surface area (Å²) >= 11 is 0. The highest BCUT2D eigenvalue weighted by Gasteiger charge is 2.22. The van der Waals surface area contributed by atoms with Crippen LogP contribution in [-0.2, 0) is 4.79 Å². The van der Waals surface area contributed by atoms with E-state index in [0.717, 1.165) is 19.3 Å². The zero-order chi connectivity index (χ0) is 9.68. The minimum absolute atomic E-state index is 0.251. The molecule has 0 aromatic heterocycles. The number of carbonyl (C=O) groups is 1. The van der Waals surface area contributed by atoms with Crippen LogP contribution in [0.5, 0.6) is 0 Å². The van der Waals surface area contributed by atoms with Crippen molar-refractivity contribution in [2.24, 2.45) is 5.16 Å². The summed E-state index contributed by atoms with van der Waals surface area (Å²) in [5.74, 6) is 0. The summed E-state index contributed by atoms with van der Waals surface area (Å²) in [7, 11) is 2.06. The highest BCUT2D eigenvalue weighted by Crippen LogP contribution is 2.18. The molecule has 4 nitrogen and oxygen atoms in total. The highest BCUT2D eigenvalue weighted by molar-refractivity contribution is 5.94. The van der Waals surface area contributed by atoms with E-state index in [1.54, 1.807) is 0 Å². The molecule has 4 heteroatoms. The van der Waals surface area contributed by atoms with Gasteiger partial charge in [0.25, 0.3) is 0 Å². The van der Waals surface area contributed by atoms with Crippen molar-refractivity contribution in [1.82, 2.24) is 4.90 Å². The Balaban J connectivity index is 2.41. The molecule has 13 heavy (non-hydrogen) atoms. The molecule has 0 aromatic rings. The van der Waals surface area contributed by atoms with Gasteiger partial charge in [0.15, 0.2) is 0 Å². The lowest BCUT2D eigenvalue weighted by molar-refractivity contribution is -0.106. The van der Waals surface area contributed by atoms with Gasteiger partial charge in [-0.3, -0.25) is 0 Å². The quantitative estimate of drug-likeness (QED) is 0.305. The number of hydrogen-bond acceptors (Lipinski definition) is 4. The summed E-state index contributed by atoms with van der Waals surface area (Å²) in [5.41, 5.74) is 0.591. The normalized spacial score (nSPS) is 25.0. The Kier molecular flexibility index (Phi) is 3.89. The van der Waals surface area contributed by atoms with Crippen LogP contribution in [0.1, 0.15) is 25.7 Å². The zero-order valence-corrected chi connectivity index (χ0v) is 7.94. The van der Waals surface area contributed by atoms with Crippen molar-refractivity contribution in [3.63, 3.8) is 0 Å². The summed E-state index contributed by atoms with van der Waals surface area (Å²) in [6.07, 6.45) is 4.08. The van der Waals surface area contributed by atoms with Crippen molar-refractivity contribution in [3.8, 4) is 0 Å². The smallest absolute Gasteiger partial charge is 0.125 e. The number of carbonyl (C=O) groups excluding carboxylic acids is 1. The first-order valence-electron chi connectivity index (χ1n) is 4.61. The van der Waals surface area contributed by atoms with Crippen molar-refractivity contribution < 1.29 is 10.0 Å². The average Bonchev–Trinajstić information content (AvgIpc) is 2.51. The van der Waals surface area contributed by atoms with Crippen LogP contribution < -0.4 is 0 Å². The lowest BCUT2D eigenvalue weighted by Gasteiger charge is -2.18. The van der Waals surface area contributed by atoms with Crippen molar-refractivity contribution in [3.05, 3.63) is 0 Å². The summed E-state index contributed by atoms with van der Waals surface area (Å²) in [4.78, 5) is 12.5. The molecule has 1 aliphatic rings. The molecular formula is C9H16N2O2. The number of oxime groups is 1. The van der Waals surface area contributed by atoms with Gasteiger partial charge in [-0.15, -0.1) is 0 Å². The van der Waals surface area contributed by atoms with Crippen LogP contribution in [0.4, 0.5) is 0 Å². The second kappa shape index (κ2) is 4.97. The van der Waals surface area contributed by atoms with Gasteiger partial charge in [-0.1, -0.05) is 5.16 Å². The third-order valence-corrected chi connectivity index (χ3v) is 2.60. The SMILES string of the molecule is CN1CCCC1CC(CC=O)=NO. The van der Waals surface area contributed by atoms with Crippen LogP contribution >= 0.6 is 0 Å². The molecule has 1 fully saturated rings.